The molecule has 0 radical (unpaired) electrons. The van der Waals surface area contributed by atoms with Gasteiger partial charge in [-0.25, -0.2) is 5.48 Å². The van der Waals surface area contributed by atoms with Crippen molar-refractivity contribution in [3.63, 3.8) is 0 Å². The number of benzene rings is 1. The smallest absolute Gasteiger partial charge is 0.255 e. The molecule has 1 aliphatic rings. The predicted octanol–water partition coefficient (Wildman–Crippen LogP) is 4.07. The van der Waals surface area contributed by atoms with Crippen LogP contribution in [0.2, 0.25) is 0 Å². The Hall–Kier alpha value is -1.92. The molecule has 1 heterocycles. The van der Waals surface area contributed by atoms with Crippen LogP contribution in [-0.4, -0.2) is 47.6 Å². The molecule has 31 heavy (non-hydrogen) atoms. The van der Waals surface area contributed by atoms with Crippen LogP contribution in [0.1, 0.15) is 76.7 Å². The van der Waals surface area contributed by atoms with Gasteiger partial charge in [-0.15, -0.1) is 0 Å². The highest BCUT2D eigenvalue weighted by atomic mass is 16.5. The van der Waals surface area contributed by atoms with E-state index in [2.05, 4.69) is 17.1 Å². The van der Waals surface area contributed by atoms with Gasteiger partial charge in [-0.05, 0) is 50.8 Å². The molecule has 1 aromatic rings. The molecule has 1 aliphatic heterocycles. The van der Waals surface area contributed by atoms with Crippen molar-refractivity contribution >= 4 is 11.8 Å². The fraction of sp³-hybridized carbons (Fsp3) is 0.680. The number of aryl methyl sites for hydroxylation is 1. The quantitative estimate of drug-likeness (QED) is 0.179. The van der Waals surface area contributed by atoms with Crippen molar-refractivity contribution < 1.29 is 14.8 Å². The highest BCUT2D eigenvalue weighted by Gasteiger charge is 2.28. The van der Waals surface area contributed by atoms with Crippen molar-refractivity contribution in [2.45, 2.75) is 83.6 Å². The number of likely N-dealkylation sites (tertiary alicyclic amines) is 1. The molecule has 1 aromatic carbocycles. The summed E-state index contributed by atoms with van der Waals surface area (Å²) in [5.74, 6) is -1.81. The van der Waals surface area contributed by atoms with Crippen LogP contribution >= 0.6 is 0 Å². The van der Waals surface area contributed by atoms with Gasteiger partial charge in [-0.2, -0.15) is 0 Å². The zero-order chi connectivity index (χ0) is 22.3. The van der Waals surface area contributed by atoms with Crippen LogP contribution < -0.4 is 10.8 Å². The summed E-state index contributed by atoms with van der Waals surface area (Å²) in [6.45, 7) is 5.21. The summed E-state index contributed by atoms with van der Waals surface area (Å²) in [6, 6.07) is 9.86. The first-order chi connectivity index (χ1) is 15.1. The SMILES string of the molecule is CCCCCCCC(CN1CCCCC1)NC(=O)C(CCc1ccccc1)C(=O)NO. The zero-order valence-corrected chi connectivity index (χ0v) is 19.2. The van der Waals surface area contributed by atoms with E-state index in [4.69, 9.17) is 0 Å². The third kappa shape index (κ3) is 9.83. The van der Waals surface area contributed by atoms with E-state index in [1.165, 1.54) is 44.9 Å². The Morgan fingerprint density at radius 1 is 0.968 bits per heavy atom. The molecule has 6 heteroatoms. The van der Waals surface area contributed by atoms with E-state index >= 15 is 0 Å². The van der Waals surface area contributed by atoms with Gasteiger partial charge in [-0.3, -0.25) is 14.8 Å². The number of piperidine rings is 1. The maximum absolute atomic E-state index is 13.1. The maximum atomic E-state index is 13.1. The van der Waals surface area contributed by atoms with Crippen LogP contribution in [0, 0.1) is 5.92 Å². The van der Waals surface area contributed by atoms with Crippen molar-refractivity contribution in [1.29, 1.82) is 0 Å². The van der Waals surface area contributed by atoms with Crippen molar-refractivity contribution in [3.05, 3.63) is 35.9 Å². The molecule has 6 nitrogen and oxygen atoms in total. The van der Waals surface area contributed by atoms with Crippen molar-refractivity contribution in [2.75, 3.05) is 19.6 Å². The summed E-state index contributed by atoms with van der Waals surface area (Å²) in [4.78, 5) is 27.7. The third-order valence-corrected chi connectivity index (χ3v) is 6.24. The number of hydrogen-bond donors (Lipinski definition) is 3. The van der Waals surface area contributed by atoms with Crippen LogP contribution in [0.3, 0.4) is 0 Å². The largest absolute Gasteiger partial charge is 0.351 e. The third-order valence-electron chi connectivity index (χ3n) is 6.24. The van der Waals surface area contributed by atoms with Crippen molar-refractivity contribution in [2.24, 2.45) is 5.92 Å². The molecule has 2 amide bonds. The first-order valence-corrected chi connectivity index (χ1v) is 12.1. The lowest BCUT2D eigenvalue weighted by Gasteiger charge is -2.31. The number of hydrogen-bond acceptors (Lipinski definition) is 4. The lowest BCUT2D eigenvalue weighted by Crippen LogP contribution is -2.49. The summed E-state index contributed by atoms with van der Waals surface area (Å²) in [5.41, 5.74) is 2.77. The molecular weight excluding hydrogens is 390 g/mol. The minimum absolute atomic E-state index is 0.0398. The molecule has 0 aliphatic carbocycles. The fourth-order valence-corrected chi connectivity index (χ4v) is 4.37. The highest BCUT2D eigenvalue weighted by molar-refractivity contribution is 5.99. The Kier molecular flexibility index (Phi) is 12.2. The molecule has 0 spiro atoms. The van der Waals surface area contributed by atoms with Crippen LogP contribution in [0.4, 0.5) is 0 Å². The number of nitrogens with one attached hydrogen (secondary N) is 2. The number of rotatable bonds is 14. The maximum Gasteiger partial charge on any atom is 0.255 e. The molecule has 2 unspecified atom stereocenters. The van der Waals surface area contributed by atoms with E-state index in [1.54, 1.807) is 5.48 Å². The Morgan fingerprint density at radius 2 is 1.68 bits per heavy atom. The molecule has 0 aromatic heterocycles. The molecule has 0 bridgehead atoms. The van der Waals surface area contributed by atoms with Crippen LogP contribution in [0.15, 0.2) is 30.3 Å². The van der Waals surface area contributed by atoms with Gasteiger partial charge in [0, 0.05) is 12.6 Å². The standard InChI is InChI=1S/C25H41N3O3/c1-2-3-4-5-10-15-22(20-28-18-11-7-12-19-28)26-24(29)23(25(30)27-31)17-16-21-13-8-6-9-14-21/h6,8-9,13-14,22-23,31H,2-5,7,10-12,15-20H2,1H3,(H,26,29)(H,27,30). The van der Waals surface area contributed by atoms with Gasteiger partial charge in [0.1, 0.15) is 5.92 Å². The first-order valence-electron chi connectivity index (χ1n) is 12.1. The Bertz CT molecular complexity index is 632. The van der Waals surface area contributed by atoms with Gasteiger partial charge in [-0.1, -0.05) is 75.8 Å². The Balaban J connectivity index is 1.95. The van der Waals surface area contributed by atoms with E-state index < -0.39 is 11.8 Å². The normalized spacial score (nSPS) is 16.5. The predicted molar refractivity (Wildman–Crippen MR) is 124 cm³/mol. The summed E-state index contributed by atoms with van der Waals surface area (Å²) >= 11 is 0. The van der Waals surface area contributed by atoms with Crippen LogP contribution in [0.5, 0.6) is 0 Å². The second kappa shape index (κ2) is 15.0. The lowest BCUT2D eigenvalue weighted by molar-refractivity contribution is -0.141. The second-order valence-electron chi connectivity index (χ2n) is 8.82. The minimum Gasteiger partial charge on any atom is -0.351 e. The molecule has 174 valence electrons. The number of amides is 2. The topological polar surface area (TPSA) is 81.7 Å². The van der Waals surface area contributed by atoms with E-state index in [9.17, 15) is 14.8 Å². The minimum atomic E-state index is -0.894. The number of carbonyl (C=O) groups is 2. The molecular formula is C25H41N3O3. The van der Waals surface area contributed by atoms with Gasteiger partial charge in [0.05, 0.1) is 0 Å². The Morgan fingerprint density at radius 3 is 2.35 bits per heavy atom. The summed E-state index contributed by atoms with van der Waals surface area (Å²) < 4.78 is 0. The van der Waals surface area contributed by atoms with Gasteiger partial charge in [0.15, 0.2) is 0 Å². The molecule has 2 rings (SSSR count). The molecule has 3 N–H and O–H groups in total. The average Bonchev–Trinajstić information content (AvgIpc) is 2.80. The molecule has 1 fully saturated rings. The number of carbonyl (C=O) groups excluding carboxylic acids is 2. The van der Waals surface area contributed by atoms with E-state index in [1.807, 2.05) is 30.3 Å². The van der Waals surface area contributed by atoms with Crippen LogP contribution in [-0.2, 0) is 16.0 Å². The molecule has 0 saturated carbocycles. The van der Waals surface area contributed by atoms with E-state index in [-0.39, 0.29) is 11.9 Å². The van der Waals surface area contributed by atoms with Crippen molar-refractivity contribution in [3.8, 4) is 0 Å². The summed E-state index contributed by atoms with van der Waals surface area (Å²) in [5, 5.41) is 12.3. The van der Waals surface area contributed by atoms with Gasteiger partial charge in [0.2, 0.25) is 5.91 Å². The van der Waals surface area contributed by atoms with E-state index in [0.29, 0.717) is 12.8 Å². The number of hydroxylamine groups is 1. The molecule has 2 atom stereocenters. The number of nitrogens with zero attached hydrogens (tertiary/aromatic N) is 1. The van der Waals surface area contributed by atoms with E-state index in [0.717, 1.165) is 38.0 Å². The number of unbranched alkanes of at least 4 members (excludes halogenated alkanes) is 4. The molecule has 1 saturated heterocycles. The zero-order valence-electron chi connectivity index (χ0n) is 19.2. The second-order valence-corrected chi connectivity index (χ2v) is 8.82. The Labute approximate surface area is 187 Å². The fourth-order valence-electron chi connectivity index (χ4n) is 4.37. The average molecular weight is 432 g/mol. The van der Waals surface area contributed by atoms with Gasteiger partial charge in [0.25, 0.3) is 5.91 Å². The summed E-state index contributed by atoms with van der Waals surface area (Å²) in [7, 11) is 0. The highest BCUT2D eigenvalue weighted by Crippen LogP contribution is 2.15. The first kappa shape index (κ1) is 25.3. The summed E-state index contributed by atoms with van der Waals surface area (Å²) in [6.07, 6.45) is 11.6. The van der Waals surface area contributed by atoms with Gasteiger partial charge >= 0.3 is 0 Å². The lowest BCUT2D eigenvalue weighted by atomic mass is 9.97. The van der Waals surface area contributed by atoms with Crippen LogP contribution in [0.25, 0.3) is 0 Å². The van der Waals surface area contributed by atoms with Crippen molar-refractivity contribution in [1.82, 2.24) is 15.7 Å². The van der Waals surface area contributed by atoms with Gasteiger partial charge < -0.3 is 10.2 Å². The monoisotopic (exact) mass is 431 g/mol.